The van der Waals surface area contributed by atoms with E-state index in [1.807, 2.05) is 26.2 Å². The van der Waals surface area contributed by atoms with Crippen LogP contribution in [-0.2, 0) is 13.1 Å². The first-order valence-electron chi connectivity index (χ1n) is 7.08. The molecule has 0 atom stereocenters. The van der Waals surface area contributed by atoms with Crippen molar-refractivity contribution < 1.29 is 9.47 Å². The molecule has 0 amide bonds. The van der Waals surface area contributed by atoms with Gasteiger partial charge in [-0.25, -0.2) is 0 Å². The van der Waals surface area contributed by atoms with Gasteiger partial charge in [-0.05, 0) is 35.4 Å². The summed E-state index contributed by atoms with van der Waals surface area (Å²) in [6.45, 7) is 1.98. The molecule has 1 N–H and O–H groups in total. The van der Waals surface area contributed by atoms with Crippen molar-refractivity contribution in [3.63, 3.8) is 0 Å². The predicted octanol–water partition coefficient (Wildman–Crippen LogP) is 3.61. The van der Waals surface area contributed by atoms with Crippen molar-refractivity contribution in [2.45, 2.75) is 13.1 Å². The Kier molecular flexibility index (Phi) is 7.49. The molecule has 4 nitrogen and oxygen atoms in total. The molecule has 0 radical (unpaired) electrons. The van der Waals surface area contributed by atoms with E-state index in [1.165, 1.54) is 16.8 Å². The number of nitrogens with zero attached hydrogens (tertiary/aromatic N) is 1. The summed E-state index contributed by atoms with van der Waals surface area (Å²) in [5.74, 6) is 1.67. The summed E-state index contributed by atoms with van der Waals surface area (Å²) in [4.78, 5) is 2.10. The fraction of sp³-hybridized carbons (Fsp3) is 0.294. The fourth-order valence-electron chi connectivity index (χ4n) is 2.31. The summed E-state index contributed by atoms with van der Waals surface area (Å²) in [6, 6.07) is 14.6. The average Bonchev–Trinajstić information content (AvgIpc) is 2.95. The van der Waals surface area contributed by atoms with E-state index in [9.17, 15) is 0 Å². The summed E-state index contributed by atoms with van der Waals surface area (Å²) in [5.41, 5.74) is 3.69. The molecule has 1 aliphatic heterocycles. The van der Waals surface area contributed by atoms with Crippen LogP contribution in [0.1, 0.15) is 11.1 Å². The van der Waals surface area contributed by atoms with Crippen LogP contribution in [0.3, 0.4) is 0 Å². The number of hydrogen-bond donors (Lipinski definition) is 1. The van der Waals surface area contributed by atoms with E-state index in [0.717, 1.165) is 24.6 Å². The highest BCUT2D eigenvalue weighted by atomic mass is 35.5. The molecule has 1 heterocycles. The van der Waals surface area contributed by atoms with E-state index in [1.54, 1.807) is 0 Å². The SMILES string of the molecule is CN(C)c1ccc(CNCc2ccc3c(c2)OCO3)cc1.Cl.Cl. The molecule has 2 aromatic rings. The maximum atomic E-state index is 5.38. The molecular formula is C17H22Cl2N2O2. The van der Waals surface area contributed by atoms with Gasteiger partial charge in [-0.2, -0.15) is 0 Å². The highest BCUT2D eigenvalue weighted by Gasteiger charge is 2.12. The van der Waals surface area contributed by atoms with Gasteiger partial charge in [0, 0.05) is 32.9 Å². The molecule has 0 saturated carbocycles. The number of fused-ring (bicyclic) bond motifs is 1. The van der Waals surface area contributed by atoms with Gasteiger partial charge in [-0.15, -0.1) is 24.8 Å². The second-order valence-electron chi connectivity index (χ2n) is 5.35. The van der Waals surface area contributed by atoms with Crippen molar-refractivity contribution >= 4 is 30.5 Å². The van der Waals surface area contributed by atoms with Crippen LogP contribution in [-0.4, -0.2) is 20.9 Å². The maximum Gasteiger partial charge on any atom is 0.231 e. The number of nitrogens with one attached hydrogen (secondary N) is 1. The normalized spacial score (nSPS) is 11.4. The lowest BCUT2D eigenvalue weighted by atomic mass is 10.1. The van der Waals surface area contributed by atoms with Gasteiger partial charge in [-0.3, -0.25) is 0 Å². The molecule has 0 fully saturated rings. The zero-order valence-electron chi connectivity index (χ0n) is 13.2. The van der Waals surface area contributed by atoms with E-state index in [2.05, 4.69) is 40.5 Å². The molecule has 0 bridgehead atoms. The molecule has 2 aromatic carbocycles. The number of anilines is 1. The Morgan fingerprint density at radius 1 is 0.870 bits per heavy atom. The lowest BCUT2D eigenvalue weighted by Crippen LogP contribution is -2.13. The topological polar surface area (TPSA) is 33.7 Å². The lowest BCUT2D eigenvalue weighted by molar-refractivity contribution is 0.174. The third kappa shape index (κ3) is 4.93. The van der Waals surface area contributed by atoms with Crippen LogP contribution < -0.4 is 19.7 Å². The third-order valence-corrected chi connectivity index (χ3v) is 3.55. The maximum absolute atomic E-state index is 5.38. The van der Waals surface area contributed by atoms with Crippen LogP contribution in [0, 0.1) is 0 Å². The molecule has 126 valence electrons. The Balaban J connectivity index is 0.00000132. The van der Waals surface area contributed by atoms with Crippen LogP contribution in [0.25, 0.3) is 0 Å². The van der Waals surface area contributed by atoms with Gasteiger partial charge in [0.15, 0.2) is 11.5 Å². The van der Waals surface area contributed by atoms with Gasteiger partial charge in [-0.1, -0.05) is 18.2 Å². The molecule has 0 saturated heterocycles. The van der Waals surface area contributed by atoms with Gasteiger partial charge >= 0.3 is 0 Å². The molecule has 3 rings (SSSR count). The minimum atomic E-state index is 0. The smallest absolute Gasteiger partial charge is 0.231 e. The summed E-state index contributed by atoms with van der Waals surface area (Å²) in [5, 5.41) is 3.45. The van der Waals surface area contributed by atoms with Gasteiger partial charge < -0.3 is 19.7 Å². The number of hydrogen-bond acceptors (Lipinski definition) is 4. The first-order chi connectivity index (χ1) is 10.2. The van der Waals surface area contributed by atoms with E-state index >= 15 is 0 Å². The summed E-state index contributed by atoms with van der Waals surface area (Å²) >= 11 is 0. The van der Waals surface area contributed by atoms with E-state index in [0.29, 0.717) is 6.79 Å². The van der Waals surface area contributed by atoms with E-state index < -0.39 is 0 Å². The Morgan fingerprint density at radius 3 is 2.17 bits per heavy atom. The summed E-state index contributed by atoms with van der Waals surface area (Å²) in [6.07, 6.45) is 0. The highest BCUT2D eigenvalue weighted by Crippen LogP contribution is 2.32. The Bertz CT molecular complexity index is 618. The first kappa shape index (κ1) is 19.4. The monoisotopic (exact) mass is 356 g/mol. The average molecular weight is 357 g/mol. The van der Waals surface area contributed by atoms with Gasteiger partial charge in [0.1, 0.15) is 0 Å². The van der Waals surface area contributed by atoms with Gasteiger partial charge in [0.05, 0.1) is 0 Å². The van der Waals surface area contributed by atoms with Crippen molar-refractivity contribution in [2.24, 2.45) is 0 Å². The standard InChI is InChI=1S/C17H20N2O2.2ClH/c1-19(2)15-6-3-13(4-7-15)10-18-11-14-5-8-16-17(9-14)21-12-20-16;;/h3-9,18H,10-12H2,1-2H3;2*1H. The van der Waals surface area contributed by atoms with Crippen LogP contribution in [0.15, 0.2) is 42.5 Å². The summed E-state index contributed by atoms with van der Waals surface area (Å²) in [7, 11) is 4.10. The predicted molar refractivity (Wildman–Crippen MR) is 98.4 cm³/mol. The molecule has 0 spiro atoms. The minimum absolute atomic E-state index is 0. The van der Waals surface area contributed by atoms with Crippen molar-refractivity contribution in [3.8, 4) is 11.5 Å². The van der Waals surface area contributed by atoms with Crippen LogP contribution in [0.2, 0.25) is 0 Å². The largest absolute Gasteiger partial charge is 0.454 e. The highest BCUT2D eigenvalue weighted by molar-refractivity contribution is 5.85. The number of ether oxygens (including phenoxy) is 2. The van der Waals surface area contributed by atoms with Gasteiger partial charge in [0.25, 0.3) is 0 Å². The molecule has 1 aliphatic rings. The second kappa shape index (κ2) is 8.87. The molecule has 0 aliphatic carbocycles. The first-order valence-corrected chi connectivity index (χ1v) is 7.08. The summed E-state index contributed by atoms with van der Waals surface area (Å²) < 4.78 is 10.7. The fourth-order valence-corrected chi connectivity index (χ4v) is 2.31. The quantitative estimate of drug-likeness (QED) is 0.886. The van der Waals surface area contributed by atoms with Crippen molar-refractivity contribution in [2.75, 3.05) is 25.8 Å². The molecule has 23 heavy (non-hydrogen) atoms. The molecule has 0 aromatic heterocycles. The van der Waals surface area contributed by atoms with E-state index in [4.69, 9.17) is 9.47 Å². The van der Waals surface area contributed by atoms with Crippen LogP contribution >= 0.6 is 24.8 Å². The zero-order chi connectivity index (χ0) is 14.7. The zero-order valence-corrected chi connectivity index (χ0v) is 14.9. The van der Waals surface area contributed by atoms with Crippen molar-refractivity contribution in [1.82, 2.24) is 5.32 Å². The van der Waals surface area contributed by atoms with Crippen LogP contribution in [0.4, 0.5) is 5.69 Å². The number of benzene rings is 2. The second-order valence-corrected chi connectivity index (χ2v) is 5.35. The Morgan fingerprint density at radius 2 is 1.48 bits per heavy atom. The van der Waals surface area contributed by atoms with Crippen molar-refractivity contribution in [1.29, 1.82) is 0 Å². The van der Waals surface area contributed by atoms with Crippen LogP contribution in [0.5, 0.6) is 11.5 Å². The molecule has 0 unspecified atom stereocenters. The van der Waals surface area contributed by atoms with Gasteiger partial charge in [0.2, 0.25) is 6.79 Å². The Labute approximate surface area is 149 Å². The third-order valence-electron chi connectivity index (χ3n) is 3.55. The Hall–Kier alpha value is -1.62. The molecular weight excluding hydrogens is 335 g/mol. The lowest BCUT2D eigenvalue weighted by Gasteiger charge is -2.13. The molecule has 6 heteroatoms. The number of rotatable bonds is 5. The number of halogens is 2. The van der Waals surface area contributed by atoms with E-state index in [-0.39, 0.29) is 24.8 Å². The minimum Gasteiger partial charge on any atom is -0.454 e. The van der Waals surface area contributed by atoms with Crippen molar-refractivity contribution in [3.05, 3.63) is 53.6 Å².